The number of para-hydroxylation sites is 1. The Hall–Kier alpha value is -0.318. The van der Waals surface area contributed by atoms with Crippen molar-refractivity contribution in [2.45, 2.75) is 0 Å². The van der Waals surface area contributed by atoms with Crippen molar-refractivity contribution in [3.63, 3.8) is 0 Å². The van der Waals surface area contributed by atoms with Crippen LogP contribution in [0.4, 0.5) is 5.69 Å². The fourth-order valence-corrected chi connectivity index (χ4v) is 0.577. The molecule has 0 bridgehead atoms. The van der Waals surface area contributed by atoms with Gasteiger partial charge in [0.05, 0.1) is 0 Å². The van der Waals surface area contributed by atoms with Gasteiger partial charge in [0.1, 0.15) is 0 Å². The summed E-state index contributed by atoms with van der Waals surface area (Å²) in [6, 6.07) is 9.87. The molecule has 2 heteroatoms. The Bertz CT molecular complexity index is 150. The van der Waals surface area contributed by atoms with Gasteiger partial charge in [-0.1, -0.05) is 30.3 Å². The van der Waals surface area contributed by atoms with Crippen LogP contribution in [0.25, 0.3) is 5.32 Å². The average molecular weight is 292 g/mol. The van der Waals surface area contributed by atoms with Crippen molar-refractivity contribution in [1.29, 1.82) is 0 Å². The molecule has 1 aromatic rings. The molecule has 0 atom stereocenters. The summed E-state index contributed by atoms with van der Waals surface area (Å²) >= 11 is 0. The monoisotopic (exact) mass is 293 g/mol. The molecule has 0 aromatic heterocycles. The van der Waals surface area contributed by atoms with Gasteiger partial charge in [-0.3, -0.25) is 0 Å². The Morgan fingerprint density at radius 2 is 1.67 bits per heavy atom. The first-order valence-electron chi connectivity index (χ1n) is 2.58. The van der Waals surface area contributed by atoms with Gasteiger partial charge >= 0.3 is 0 Å². The van der Waals surface area contributed by atoms with E-state index in [0.29, 0.717) is 0 Å². The minimum absolute atomic E-state index is 0. The number of hydrogen-bond donors (Lipinski definition) is 0. The van der Waals surface area contributed by atoms with E-state index >= 15 is 0 Å². The molecule has 0 aliphatic carbocycles. The molecular weight excluding hydrogens is 284 g/mol. The summed E-state index contributed by atoms with van der Waals surface area (Å²) < 4.78 is 0. The summed E-state index contributed by atoms with van der Waals surface area (Å²) in [5.41, 5.74) is 1.03. The third kappa shape index (κ3) is 2.65. The molecule has 0 aliphatic heterocycles. The van der Waals surface area contributed by atoms with E-state index in [0.717, 1.165) is 5.69 Å². The summed E-state index contributed by atoms with van der Waals surface area (Å²) in [4.78, 5) is 0. The van der Waals surface area contributed by atoms with E-state index < -0.39 is 0 Å². The first-order chi connectivity index (χ1) is 3.93. The zero-order valence-corrected chi connectivity index (χ0v) is 7.93. The van der Waals surface area contributed by atoms with Crippen molar-refractivity contribution in [2.75, 3.05) is 7.05 Å². The van der Waals surface area contributed by atoms with Gasteiger partial charge in [0.2, 0.25) is 0 Å². The van der Waals surface area contributed by atoms with E-state index in [-0.39, 0.29) is 20.4 Å². The second kappa shape index (κ2) is 4.55. The quantitative estimate of drug-likeness (QED) is 0.754. The zero-order chi connectivity index (χ0) is 5.82. The maximum atomic E-state index is 3.97. The number of hydrogen-bond acceptors (Lipinski definition) is 0. The van der Waals surface area contributed by atoms with Gasteiger partial charge in [0, 0.05) is 20.4 Å². The van der Waals surface area contributed by atoms with Crippen LogP contribution in [-0.2, 0) is 20.4 Å². The Morgan fingerprint density at radius 1 is 1.11 bits per heavy atom. The first-order valence-corrected chi connectivity index (χ1v) is 2.58. The molecule has 0 aliphatic rings. The summed E-state index contributed by atoms with van der Waals surface area (Å²) in [7, 11) is 1.79. The van der Waals surface area contributed by atoms with E-state index in [1.54, 1.807) is 7.05 Å². The van der Waals surface area contributed by atoms with Crippen LogP contribution >= 0.6 is 0 Å². The molecule has 1 aromatic carbocycles. The number of rotatable bonds is 1. The van der Waals surface area contributed by atoms with Gasteiger partial charge < -0.3 is 5.32 Å². The van der Waals surface area contributed by atoms with Crippen LogP contribution in [0, 0.1) is 0 Å². The van der Waals surface area contributed by atoms with Crippen LogP contribution in [0.2, 0.25) is 0 Å². The molecule has 0 N–H and O–H groups in total. The topological polar surface area (TPSA) is 14.1 Å². The standard InChI is InChI=1S/C7H8N.Re/c1-8-7-5-3-2-4-6-7;/h2-6H,1H3;/q-1;. The van der Waals surface area contributed by atoms with Crippen LogP contribution in [0.3, 0.4) is 0 Å². The van der Waals surface area contributed by atoms with Gasteiger partial charge in [0.15, 0.2) is 0 Å². The molecule has 1 radical (unpaired) electrons. The van der Waals surface area contributed by atoms with Crippen molar-refractivity contribution in [3.05, 3.63) is 35.6 Å². The van der Waals surface area contributed by atoms with Gasteiger partial charge in [-0.25, -0.2) is 0 Å². The Kier molecular flexibility index (Phi) is 4.39. The molecule has 0 saturated heterocycles. The van der Waals surface area contributed by atoms with Crippen LogP contribution in [0.1, 0.15) is 0 Å². The molecule has 0 spiro atoms. The maximum Gasteiger partial charge on any atom is 0 e. The minimum Gasteiger partial charge on any atom is -0.687 e. The van der Waals surface area contributed by atoms with Crippen molar-refractivity contribution in [1.82, 2.24) is 0 Å². The fraction of sp³-hybridized carbons (Fsp3) is 0.143. The molecule has 1 nitrogen and oxygen atoms in total. The minimum atomic E-state index is 0. The van der Waals surface area contributed by atoms with E-state index in [1.807, 2.05) is 30.3 Å². The van der Waals surface area contributed by atoms with Crippen molar-refractivity contribution >= 4 is 5.69 Å². The Morgan fingerprint density at radius 3 is 2.00 bits per heavy atom. The smallest absolute Gasteiger partial charge is 0 e. The molecule has 0 unspecified atom stereocenters. The maximum absolute atomic E-state index is 3.97. The Balaban J connectivity index is 0.000000640. The van der Waals surface area contributed by atoms with E-state index in [1.165, 1.54) is 0 Å². The van der Waals surface area contributed by atoms with E-state index in [9.17, 15) is 0 Å². The van der Waals surface area contributed by atoms with Gasteiger partial charge in [-0.15, -0.1) is 12.7 Å². The largest absolute Gasteiger partial charge is 0.687 e. The van der Waals surface area contributed by atoms with Crippen molar-refractivity contribution in [2.24, 2.45) is 0 Å². The van der Waals surface area contributed by atoms with Gasteiger partial charge in [0.25, 0.3) is 0 Å². The van der Waals surface area contributed by atoms with Crippen molar-refractivity contribution in [3.8, 4) is 0 Å². The molecule has 0 amide bonds. The second-order valence-corrected chi connectivity index (χ2v) is 1.56. The average Bonchev–Trinajstić information content (AvgIpc) is 1.90. The number of benzene rings is 1. The summed E-state index contributed by atoms with van der Waals surface area (Å²) in [6.45, 7) is 0. The fourth-order valence-electron chi connectivity index (χ4n) is 0.577. The van der Waals surface area contributed by atoms with Crippen LogP contribution in [0.15, 0.2) is 30.3 Å². The predicted octanol–water partition coefficient (Wildman–Crippen LogP) is 2.32. The molecule has 0 heterocycles. The van der Waals surface area contributed by atoms with E-state index in [4.69, 9.17) is 0 Å². The van der Waals surface area contributed by atoms with Crippen LogP contribution in [-0.4, -0.2) is 7.05 Å². The molecular formula is C7H8NRe-. The van der Waals surface area contributed by atoms with E-state index in [2.05, 4.69) is 5.32 Å². The van der Waals surface area contributed by atoms with Crippen molar-refractivity contribution < 1.29 is 20.4 Å². The second-order valence-electron chi connectivity index (χ2n) is 1.56. The van der Waals surface area contributed by atoms with Crippen LogP contribution < -0.4 is 0 Å². The normalized spacial score (nSPS) is 7.67. The zero-order valence-electron chi connectivity index (χ0n) is 5.21. The SMILES string of the molecule is C[N-]c1ccccc1.[Re]. The number of nitrogens with zero attached hydrogens (tertiary/aromatic N) is 1. The molecule has 9 heavy (non-hydrogen) atoms. The summed E-state index contributed by atoms with van der Waals surface area (Å²) in [5, 5.41) is 3.97. The summed E-state index contributed by atoms with van der Waals surface area (Å²) in [5.74, 6) is 0. The van der Waals surface area contributed by atoms with Gasteiger partial charge in [-0.2, -0.15) is 0 Å². The first kappa shape index (κ1) is 8.68. The summed E-state index contributed by atoms with van der Waals surface area (Å²) in [6.07, 6.45) is 0. The Labute approximate surface area is 69.1 Å². The molecule has 0 saturated carbocycles. The third-order valence-electron chi connectivity index (χ3n) is 1.01. The van der Waals surface area contributed by atoms with Crippen LogP contribution in [0.5, 0.6) is 0 Å². The molecule has 0 fully saturated rings. The molecule has 1 rings (SSSR count). The predicted molar refractivity (Wildman–Crippen MR) is 35.4 cm³/mol. The molecule has 49 valence electrons. The third-order valence-corrected chi connectivity index (χ3v) is 1.01. The van der Waals surface area contributed by atoms with Gasteiger partial charge in [-0.05, 0) is 0 Å².